The summed E-state index contributed by atoms with van der Waals surface area (Å²) in [5.74, 6) is 0.530. The van der Waals surface area contributed by atoms with Gasteiger partial charge in [-0.25, -0.2) is 0 Å². The zero-order valence-electron chi connectivity index (χ0n) is 16.5. The first kappa shape index (κ1) is 20.6. The highest BCUT2D eigenvalue weighted by molar-refractivity contribution is 7.62. The van der Waals surface area contributed by atoms with Crippen molar-refractivity contribution in [1.82, 2.24) is 4.98 Å². The molecule has 0 saturated heterocycles. The van der Waals surface area contributed by atoms with E-state index < -0.39 is 7.60 Å². The number of oxazole rings is 1. The number of rotatable bonds is 7. The van der Waals surface area contributed by atoms with Crippen LogP contribution in [0.3, 0.4) is 0 Å². The Hall–Kier alpha value is -2.63. The maximum Gasteiger partial charge on any atom is 0.384 e. The van der Waals surface area contributed by atoms with Gasteiger partial charge in [0.2, 0.25) is 17.2 Å². The summed E-state index contributed by atoms with van der Waals surface area (Å²) in [5.41, 5.74) is 1.72. The van der Waals surface area contributed by atoms with Crippen LogP contribution in [0.15, 0.2) is 71.1 Å². The third kappa shape index (κ3) is 3.87. The lowest BCUT2D eigenvalue weighted by molar-refractivity contribution is 0.286. The predicted molar refractivity (Wildman–Crippen MR) is 119 cm³/mol. The maximum atomic E-state index is 13.1. The molecule has 0 aliphatic rings. The van der Waals surface area contributed by atoms with E-state index in [1.807, 2.05) is 60.7 Å². The molecule has 0 radical (unpaired) electrons. The molecule has 30 heavy (non-hydrogen) atoms. The third-order valence-electron chi connectivity index (χ3n) is 4.77. The lowest BCUT2D eigenvalue weighted by Crippen LogP contribution is -2.15. The van der Waals surface area contributed by atoms with Gasteiger partial charge in [-0.1, -0.05) is 66.2 Å². The van der Waals surface area contributed by atoms with E-state index in [9.17, 15) is 4.57 Å². The molecular formula is C22H20ClN2O4P. The SMILES string of the molecule is COP(=O)(OC)c1nc(-c2cccc3ccccc23)oc1NCc1ccccc1Cl. The molecule has 1 N–H and O–H groups in total. The molecule has 0 bridgehead atoms. The van der Waals surface area contributed by atoms with Crippen LogP contribution in [-0.2, 0) is 20.2 Å². The third-order valence-corrected chi connectivity index (χ3v) is 6.92. The Balaban J connectivity index is 1.80. The summed E-state index contributed by atoms with van der Waals surface area (Å²) in [7, 11) is -1.04. The second-order valence-corrected chi connectivity index (χ2v) is 9.06. The normalized spacial score (nSPS) is 11.7. The van der Waals surface area contributed by atoms with Gasteiger partial charge in [-0.05, 0) is 28.5 Å². The van der Waals surface area contributed by atoms with Gasteiger partial charge in [0.05, 0.1) is 0 Å². The van der Waals surface area contributed by atoms with E-state index in [-0.39, 0.29) is 11.3 Å². The molecule has 0 fully saturated rings. The van der Waals surface area contributed by atoms with Crippen molar-refractivity contribution < 1.29 is 18.0 Å². The van der Waals surface area contributed by atoms with E-state index in [0.29, 0.717) is 17.5 Å². The lowest BCUT2D eigenvalue weighted by Gasteiger charge is -2.12. The van der Waals surface area contributed by atoms with Gasteiger partial charge in [0.25, 0.3) is 0 Å². The van der Waals surface area contributed by atoms with Crippen LogP contribution in [0.4, 0.5) is 5.88 Å². The van der Waals surface area contributed by atoms with Crippen molar-refractivity contribution >= 4 is 41.3 Å². The van der Waals surface area contributed by atoms with E-state index in [0.717, 1.165) is 21.9 Å². The van der Waals surface area contributed by atoms with Gasteiger partial charge in [0.15, 0.2) is 0 Å². The summed E-state index contributed by atoms with van der Waals surface area (Å²) in [6.07, 6.45) is 0. The number of halogens is 1. The zero-order valence-corrected chi connectivity index (χ0v) is 18.1. The topological polar surface area (TPSA) is 73.6 Å². The van der Waals surface area contributed by atoms with Gasteiger partial charge in [-0.3, -0.25) is 4.57 Å². The van der Waals surface area contributed by atoms with Gasteiger partial charge in [-0.2, -0.15) is 4.98 Å². The lowest BCUT2D eigenvalue weighted by atomic mass is 10.0. The predicted octanol–water partition coefficient (Wildman–Crippen LogP) is 5.87. The fraction of sp³-hybridized carbons (Fsp3) is 0.136. The molecule has 0 aliphatic carbocycles. The molecule has 154 valence electrons. The maximum absolute atomic E-state index is 13.1. The van der Waals surface area contributed by atoms with Gasteiger partial charge in [0, 0.05) is 31.4 Å². The van der Waals surface area contributed by atoms with Crippen molar-refractivity contribution in [2.45, 2.75) is 6.54 Å². The highest BCUT2D eigenvalue weighted by atomic mass is 35.5. The van der Waals surface area contributed by atoms with Gasteiger partial charge < -0.3 is 18.8 Å². The minimum absolute atomic E-state index is 0.0856. The molecule has 0 atom stereocenters. The van der Waals surface area contributed by atoms with Crippen LogP contribution in [-0.4, -0.2) is 19.2 Å². The second kappa shape index (κ2) is 8.62. The van der Waals surface area contributed by atoms with Crippen molar-refractivity contribution in [3.05, 3.63) is 77.3 Å². The van der Waals surface area contributed by atoms with Crippen molar-refractivity contribution in [3.63, 3.8) is 0 Å². The average Bonchev–Trinajstić information content (AvgIpc) is 3.22. The molecule has 4 rings (SSSR count). The van der Waals surface area contributed by atoms with E-state index in [1.54, 1.807) is 6.07 Å². The fourth-order valence-corrected chi connectivity index (χ4v) is 4.49. The van der Waals surface area contributed by atoms with E-state index in [2.05, 4.69) is 10.3 Å². The number of benzene rings is 3. The number of nitrogens with zero attached hydrogens (tertiary/aromatic N) is 1. The van der Waals surface area contributed by atoms with Gasteiger partial charge in [-0.15, -0.1) is 0 Å². The molecule has 0 amide bonds. The largest absolute Gasteiger partial charge is 0.420 e. The quantitative estimate of drug-likeness (QED) is 0.361. The number of aromatic nitrogens is 1. The fourth-order valence-electron chi connectivity index (χ4n) is 3.20. The second-order valence-electron chi connectivity index (χ2n) is 6.51. The number of fused-ring (bicyclic) bond motifs is 1. The summed E-state index contributed by atoms with van der Waals surface area (Å²) in [6.45, 7) is 0.351. The molecule has 1 heterocycles. The summed E-state index contributed by atoms with van der Waals surface area (Å²) >= 11 is 6.25. The average molecular weight is 443 g/mol. The van der Waals surface area contributed by atoms with Crippen LogP contribution in [0.5, 0.6) is 0 Å². The first-order valence-electron chi connectivity index (χ1n) is 9.24. The Bertz CT molecular complexity index is 1230. The summed E-state index contributed by atoms with van der Waals surface area (Å²) in [5, 5.41) is 5.76. The number of hydrogen-bond donors (Lipinski definition) is 1. The molecule has 4 aromatic rings. The molecule has 1 aromatic heterocycles. The van der Waals surface area contributed by atoms with Crippen molar-refractivity contribution in [1.29, 1.82) is 0 Å². The Morgan fingerprint density at radius 1 is 1.00 bits per heavy atom. The van der Waals surface area contributed by atoms with Crippen LogP contribution >= 0.6 is 19.2 Å². The van der Waals surface area contributed by atoms with Crippen LogP contribution in [0.1, 0.15) is 5.56 Å². The smallest absolute Gasteiger partial charge is 0.384 e. The molecule has 0 aliphatic heterocycles. The standard InChI is InChI=1S/C22H20ClN2O4P/c1-27-30(26,28-2)22-21(24-14-16-9-4-6-13-19(16)23)29-20(25-22)18-12-7-10-15-8-3-5-11-17(15)18/h3-13,24H,14H2,1-2H3. The molecule has 0 spiro atoms. The van der Waals surface area contributed by atoms with Crippen molar-refractivity contribution in [2.24, 2.45) is 0 Å². The van der Waals surface area contributed by atoms with E-state index in [4.69, 9.17) is 25.1 Å². The summed E-state index contributed by atoms with van der Waals surface area (Å²) < 4.78 is 29.5. The molecule has 0 saturated carbocycles. The first-order chi connectivity index (χ1) is 14.6. The highest BCUT2D eigenvalue weighted by Gasteiger charge is 2.34. The van der Waals surface area contributed by atoms with Crippen LogP contribution < -0.4 is 10.8 Å². The number of anilines is 1. The summed E-state index contributed by atoms with van der Waals surface area (Å²) in [6, 6.07) is 21.2. The molecular weight excluding hydrogens is 423 g/mol. The van der Waals surface area contributed by atoms with Crippen molar-refractivity contribution in [3.8, 4) is 11.5 Å². The van der Waals surface area contributed by atoms with E-state index >= 15 is 0 Å². The monoisotopic (exact) mass is 442 g/mol. The van der Waals surface area contributed by atoms with Crippen LogP contribution in [0.25, 0.3) is 22.2 Å². The Morgan fingerprint density at radius 3 is 2.47 bits per heavy atom. The first-order valence-corrected chi connectivity index (χ1v) is 11.2. The van der Waals surface area contributed by atoms with Crippen LogP contribution in [0, 0.1) is 0 Å². The van der Waals surface area contributed by atoms with Gasteiger partial charge >= 0.3 is 7.60 Å². The minimum Gasteiger partial charge on any atom is -0.420 e. The molecule has 0 unspecified atom stereocenters. The minimum atomic E-state index is -3.66. The number of hydrogen-bond acceptors (Lipinski definition) is 6. The number of nitrogens with one attached hydrogen (secondary N) is 1. The van der Waals surface area contributed by atoms with E-state index in [1.165, 1.54) is 14.2 Å². The highest BCUT2D eigenvalue weighted by Crippen LogP contribution is 2.48. The van der Waals surface area contributed by atoms with Gasteiger partial charge in [0.1, 0.15) is 0 Å². The zero-order chi connectivity index (χ0) is 21.1. The Morgan fingerprint density at radius 2 is 1.70 bits per heavy atom. The molecule has 8 heteroatoms. The van der Waals surface area contributed by atoms with Crippen molar-refractivity contribution in [2.75, 3.05) is 19.5 Å². The Kier molecular flexibility index (Phi) is 5.93. The van der Waals surface area contributed by atoms with Crippen LogP contribution in [0.2, 0.25) is 5.02 Å². The summed E-state index contributed by atoms with van der Waals surface area (Å²) in [4.78, 5) is 4.50. The molecule has 3 aromatic carbocycles. The molecule has 6 nitrogen and oxygen atoms in total. The Labute approximate surface area is 179 Å².